The molecule has 1 fully saturated rings. The van der Waals surface area contributed by atoms with Crippen molar-refractivity contribution in [1.29, 1.82) is 0 Å². The zero-order chi connectivity index (χ0) is 20.9. The Balaban J connectivity index is 2.98. The minimum Gasteiger partial charge on any atom is -0.394 e. The molecule has 0 aromatic carbocycles. The second-order valence-electron chi connectivity index (χ2n) is 6.51. The number of aliphatic hydroxyl groups excluding tert-OH is 8. The van der Waals surface area contributed by atoms with Gasteiger partial charge in [-0.05, 0) is 6.92 Å². The summed E-state index contributed by atoms with van der Waals surface area (Å²) < 4.78 is 10.5. The van der Waals surface area contributed by atoms with Crippen LogP contribution in [-0.2, 0) is 14.3 Å². The molecule has 0 radical (unpaired) electrons. The summed E-state index contributed by atoms with van der Waals surface area (Å²) in [7, 11) is 0. The van der Waals surface area contributed by atoms with Gasteiger partial charge in [0.2, 0.25) is 5.91 Å². The molecule has 1 aliphatic rings. The van der Waals surface area contributed by atoms with E-state index in [1.165, 1.54) is 6.92 Å². The summed E-state index contributed by atoms with van der Waals surface area (Å²) in [6.07, 6.45) is -14.7. The van der Waals surface area contributed by atoms with Gasteiger partial charge in [0.1, 0.15) is 42.7 Å². The predicted octanol–water partition coefficient (Wildman–Crippen LogP) is -5.23. The SMILES string of the molecule is CC(=O)N[C@H](CO)[C@H](O)[C@H](O[C@H]1O[C@H]([C@H](O)CO)[C@@H](O)[C@H](O)[C@@H]1O)[C@H](C)O. The topological polar surface area (TPSA) is 209 Å². The Hall–Kier alpha value is -0.930. The smallest absolute Gasteiger partial charge is 0.217 e. The minimum absolute atomic E-state index is 0.559. The first kappa shape index (κ1) is 24.1. The Morgan fingerprint density at radius 3 is 2.11 bits per heavy atom. The van der Waals surface area contributed by atoms with Crippen LogP contribution in [0.1, 0.15) is 13.8 Å². The minimum atomic E-state index is -1.82. The molecule has 0 saturated carbocycles. The summed E-state index contributed by atoms with van der Waals surface area (Å²) in [6, 6.07) is -1.21. The van der Waals surface area contributed by atoms with Gasteiger partial charge < -0.3 is 55.6 Å². The van der Waals surface area contributed by atoms with E-state index in [0.29, 0.717) is 0 Å². The molecule has 10 atom stereocenters. The van der Waals surface area contributed by atoms with Crippen molar-refractivity contribution in [2.45, 2.75) is 75.0 Å². The van der Waals surface area contributed by atoms with Gasteiger partial charge in [-0.3, -0.25) is 4.79 Å². The molecule has 27 heavy (non-hydrogen) atoms. The van der Waals surface area contributed by atoms with Gasteiger partial charge in [0.15, 0.2) is 6.29 Å². The lowest BCUT2D eigenvalue weighted by Crippen LogP contribution is -2.63. The van der Waals surface area contributed by atoms with Crippen molar-refractivity contribution in [3.8, 4) is 0 Å². The van der Waals surface area contributed by atoms with Crippen LogP contribution >= 0.6 is 0 Å². The number of hydrogen-bond acceptors (Lipinski definition) is 11. The number of aliphatic hydroxyl groups is 8. The summed E-state index contributed by atoms with van der Waals surface area (Å²) in [5, 5.41) is 80.4. The quantitative estimate of drug-likeness (QED) is 0.179. The molecule has 12 nitrogen and oxygen atoms in total. The molecule has 0 aromatic rings. The highest BCUT2D eigenvalue weighted by atomic mass is 16.7. The maximum absolute atomic E-state index is 11.2. The number of carbonyl (C=O) groups excluding carboxylic acids is 1. The summed E-state index contributed by atoms with van der Waals surface area (Å²) in [5.41, 5.74) is 0. The van der Waals surface area contributed by atoms with E-state index < -0.39 is 80.3 Å². The molecule has 160 valence electrons. The summed E-state index contributed by atoms with van der Waals surface area (Å²) in [5.74, 6) is -0.559. The Kier molecular flexibility index (Phi) is 9.44. The predicted molar refractivity (Wildman–Crippen MR) is 87.0 cm³/mol. The molecular weight excluding hydrogens is 370 g/mol. The van der Waals surface area contributed by atoms with Crippen LogP contribution in [0.2, 0.25) is 0 Å². The highest BCUT2D eigenvalue weighted by Crippen LogP contribution is 2.26. The number of amides is 1. The molecule has 1 saturated heterocycles. The maximum atomic E-state index is 11.2. The second kappa shape index (κ2) is 10.6. The van der Waals surface area contributed by atoms with Gasteiger partial charge in [-0.2, -0.15) is 0 Å². The Labute approximate surface area is 155 Å². The van der Waals surface area contributed by atoms with Crippen LogP contribution in [0.25, 0.3) is 0 Å². The summed E-state index contributed by atoms with van der Waals surface area (Å²) in [4.78, 5) is 11.2. The average molecular weight is 399 g/mol. The lowest BCUT2D eigenvalue weighted by atomic mass is 9.95. The number of hydrogen-bond donors (Lipinski definition) is 9. The molecule has 1 amide bonds. The van der Waals surface area contributed by atoms with Gasteiger partial charge in [-0.1, -0.05) is 0 Å². The Bertz CT molecular complexity index is 465. The molecule has 0 aliphatic carbocycles. The molecule has 0 unspecified atom stereocenters. The fourth-order valence-corrected chi connectivity index (χ4v) is 2.77. The Morgan fingerprint density at radius 2 is 1.67 bits per heavy atom. The first-order chi connectivity index (χ1) is 12.5. The monoisotopic (exact) mass is 399 g/mol. The largest absolute Gasteiger partial charge is 0.394 e. The molecule has 1 rings (SSSR count). The molecule has 12 heteroatoms. The van der Waals surface area contributed by atoms with Crippen molar-refractivity contribution in [3.63, 3.8) is 0 Å². The molecule has 0 aromatic heterocycles. The van der Waals surface area contributed by atoms with Crippen LogP contribution in [0.3, 0.4) is 0 Å². The van der Waals surface area contributed by atoms with Crippen molar-refractivity contribution < 1.29 is 55.1 Å². The van der Waals surface area contributed by atoms with E-state index in [2.05, 4.69) is 5.32 Å². The lowest BCUT2D eigenvalue weighted by Gasteiger charge is -2.43. The van der Waals surface area contributed by atoms with Crippen molar-refractivity contribution in [2.75, 3.05) is 13.2 Å². The van der Waals surface area contributed by atoms with Gasteiger partial charge in [0, 0.05) is 6.92 Å². The number of carbonyl (C=O) groups is 1. The molecule has 0 spiro atoms. The maximum Gasteiger partial charge on any atom is 0.217 e. The van der Waals surface area contributed by atoms with Gasteiger partial charge in [0.05, 0.1) is 25.4 Å². The highest BCUT2D eigenvalue weighted by molar-refractivity contribution is 5.73. The molecule has 9 N–H and O–H groups in total. The number of rotatable bonds is 9. The van der Waals surface area contributed by atoms with E-state index in [9.17, 15) is 40.5 Å². The van der Waals surface area contributed by atoms with E-state index in [-0.39, 0.29) is 0 Å². The van der Waals surface area contributed by atoms with E-state index in [1.807, 2.05) is 0 Å². The van der Waals surface area contributed by atoms with Crippen molar-refractivity contribution in [1.82, 2.24) is 5.32 Å². The number of ether oxygens (including phenoxy) is 2. The fourth-order valence-electron chi connectivity index (χ4n) is 2.77. The van der Waals surface area contributed by atoms with E-state index in [0.717, 1.165) is 6.92 Å². The van der Waals surface area contributed by atoms with Gasteiger partial charge >= 0.3 is 0 Å². The lowest BCUT2D eigenvalue weighted by molar-refractivity contribution is -0.332. The molecule has 1 aliphatic heterocycles. The van der Waals surface area contributed by atoms with Crippen molar-refractivity contribution >= 4 is 5.91 Å². The van der Waals surface area contributed by atoms with Crippen LogP contribution in [0.5, 0.6) is 0 Å². The molecule has 0 bridgehead atoms. The van der Waals surface area contributed by atoms with E-state index >= 15 is 0 Å². The van der Waals surface area contributed by atoms with E-state index in [1.54, 1.807) is 0 Å². The first-order valence-corrected chi connectivity index (χ1v) is 8.43. The third-order valence-corrected chi connectivity index (χ3v) is 4.27. The average Bonchev–Trinajstić information content (AvgIpc) is 2.62. The molecule has 1 heterocycles. The molecular formula is C15H29NO11. The van der Waals surface area contributed by atoms with Gasteiger partial charge in [-0.15, -0.1) is 0 Å². The Morgan fingerprint density at radius 1 is 1.07 bits per heavy atom. The van der Waals surface area contributed by atoms with Crippen molar-refractivity contribution in [2.24, 2.45) is 0 Å². The standard InChI is InChI=1S/C15H29NO11/c1-5(19)13(9(22)7(3-17)16-6(2)20)26-15-12(25)10(23)11(24)14(27-15)8(21)4-18/h5,7-15,17-19,21-25H,3-4H2,1-2H3,(H,16,20)/t5-,7+,8+,9-,10-,11-,12-,13+,14+,15-/m0/s1. The second-order valence-corrected chi connectivity index (χ2v) is 6.51. The third kappa shape index (κ3) is 6.02. The first-order valence-electron chi connectivity index (χ1n) is 8.43. The van der Waals surface area contributed by atoms with Crippen molar-refractivity contribution in [3.05, 3.63) is 0 Å². The zero-order valence-corrected chi connectivity index (χ0v) is 15.0. The normalized spacial score (nSPS) is 34.4. The van der Waals surface area contributed by atoms with Gasteiger partial charge in [-0.25, -0.2) is 0 Å². The third-order valence-electron chi connectivity index (χ3n) is 4.27. The summed E-state index contributed by atoms with van der Waals surface area (Å²) >= 11 is 0. The van der Waals surface area contributed by atoms with Crippen LogP contribution in [0.15, 0.2) is 0 Å². The van der Waals surface area contributed by atoms with Crippen LogP contribution in [0.4, 0.5) is 0 Å². The van der Waals surface area contributed by atoms with E-state index in [4.69, 9.17) is 14.6 Å². The van der Waals surface area contributed by atoms with Crippen LogP contribution in [0, 0.1) is 0 Å². The van der Waals surface area contributed by atoms with Crippen LogP contribution in [-0.4, -0.2) is 121 Å². The highest BCUT2D eigenvalue weighted by Gasteiger charge is 2.48. The van der Waals surface area contributed by atoms with Crippen LogP contribution < -0.4 is 5.32 Å². The zero-order valence-electron chi connectivity index (χ0n) is 15.0. The van der Waals surface area contributed by atoms with Gasteiger partial charge in [0.25, 0.3) is 0 Å². The fraction of sp³-hybridized carbons (Fsp3) is 0.933. The number of nitrogens with one attached hydrogen (secondary N) is 1. The summed E-state index contributed by atoms with van der Waals surface area (Å²) in [6.45, 7) is 0.889.